The maximum absolute atomic E-state index is 12.6. The van der Waals surface area contributed by atoms with Crippen molar-refractivity contribution < 1.29 is 28.6 Å². The Labute approximate surface area is 175 Å². The van der Waals surface area contributed by atoms with E-state index in [2.05, 4.69) is 5.43 Å². The van der Waals surface area contributed by atoms with Crippen LogP contribution in [0.15, 0.2) is 45.9 Å². The average molecular weight is 432 g/mol. The Morgan fingerprint density at radius 3 is 2.59 bits per heavy atom. The second-order valence-electron chi connectivity index (χ2n) is 6.02. The van der Waals surface area contributed by atoms with Crippen LogP contribution in [0.2, 0.25) is 0 Å². The molecule has 2 N–H and O–H groups in total. The van der Waals surface area contributed by atoms with Crippen molar-refractivity contribution >= 4 is 52.2 Å². The van der Waals surface area contributed by atoms with Crippen LogP contribution in [0.25, 0.3) is 6.08 Å². The molecular formula is C19H16N2O6S2. The number of thiocarbonyl (C=S) groups is 1. The van der Waals surface area contributed by atoms with Crippen LogP contribution in [0.1, 0.15) is 28.6 Å². The minimum atomic E-state index is -1.06. The van der Waals surface area contributed by atoms with Crippen LogP contribution in [-0.2, 0) is 9.59 Å². The first kappa shape index (κ1) is 20.6. The third kappa shape index (κ3) is 4.66. The number of carbonyl (C=O) groups excluding carboxylic acids is 2. The van der Waals surface area contributed by atoms with Gasteiger partial charge in [0.2, 0.25) is 0 Å². The minimum absolute atomic E-state index is 0.200. The lowest BCUT2D eigenvalue weighted by Crippen LogP contribution is -2.44. The van der Waals surface area contributed by atoms with E-state index < -0.39 is 23.9 Å². The number of furan rings is 1. The van der Waals surface area contributed by atoms with Gasteiger partial charge in [-0.25, -0.2) is 4.79 Å². The fraction of sp³-hybridized carbons (Fsp3) is 0.158. The molecule has 1 atom stereocenters. The normalized spacial score (nSPS) is 16.2. The van der Waals surface area contributed by atoms with Gasteiger partial charge in [0.1, 0.15) is 11.5 Å². The van der Waals surface area contributed by atoms with Gasteiger partial charge in [0, 0.05) is 0 Å². The first-order chi connectivity index (χ1) is 13.8. The Kier molecular flexibility index (Phi) is 6.04. The highest BCUT2D eigenvalue weighted by atomic mass is 32.2. The topological polar surface area (TPSA) is 109 Å². The molecule has 0 saturated carbocycles. The molecule has 0 radical (unpaired) electrons. The number of hydrazine groups is 1. The van der Waals surface area contributed by atoms with Crippen LogP contribution in [-0.4, -0.2) is 38.3 Å². The smallest absolute Gasteiger partial charge is 0.344 e. The lowest BCUT2D eigenvalue weighted by molar-refractivity contribution is -0.144. The second-order valence-corrected chi connectivity index (χ2v) is 7.69. The Morgan fingerprint density at radius 1 is 1.31 bits per heavy atom. The first-order valence-corrected chi connectivity index (χ1v) is 9.61. The zero-order chi connectivity index (χ0) is 21.1. The largest absolute Gasteiger partial charge is 0.479 e. The van der Waals surface area contributed by atoms with Crippen molar-refractivity contribution in [2.75, 3.05) is 0 Å². The average Bonchev–Trinajstić information content (AvgIpc) is 3.21. The summed E-state index contributed by atoms with van der Waals surface area (Å²) in [5.41, 5.74) is 3.49. The fourth-order valence-electron chi connectivity index (χ4n) is 2.39. The molecule has 2 amide bonds. The molecule has 29 heavy (non-hydrogen) atoms. The Morgan fingerprint density at radius 2 is 2.00 bits per heavy atom. The van der Waals surface area contributed by atoms with Gasteiger partial charge >= 0.3 is 5.97 Å². The van der Waals surface area contributed by atoms with E-state index >= 15 is 0 Å². The summed E-state index contributed by atoms with van der Waals surface area (Å²) in [6.45, 7) is 3.07. The first-order valence-electron chi connectivity index (χ1n) is 8.39. The van der Waals surface area contributed by atoms with E-state index in [1.54, 1.807) is 37.3 Å². The molecule has 1 aromatic heterocycles. The summed E-state index contributed by atoms with van der Waals surface area (Å²) in [6, 6.07) is 8.09. The number of nitrogens with one attached hydrogen (secondary N) is 1. The number of rotatable bonds is 6. The highest BCUT2D eigenvalue weighted by Gasteiger charge is 2.34. The minimum Gasteiger partial charge on any atom is -0.479 e. The number of benzene rings is 1. The number of thioether (sulfide) groups is 1. The standard InChI is InChI=1S/C19H16N2O6S2/c1-10-14(7-8-26-10)16(22)20-21-17(23)15(29-19(21)28)9-12-3-5-13(6-4-12)27-11(2)18(24)25/h3-9,11H,1-2H3,(H,20,22)(H,24,25)/b15-9+. The van der Waals surface area contributed by atoms with E-state index in [1.807, 2.05) is 0 Å². The number of aliphatic carboxylic acids is 1. The molecule has 1 fully saturated rings. The highest BCUT2D eigenvalue weighted by Crippen LogP contribution is 2.32. The third-order valence-electron chi connectivity index (χ3n) is 3.95. The van der Waals surface area contributed by atoms with Crippen LogP contribution in [0, 0.1) is 6.92 Å². The lowest BCUT2D eigenvalue weighted by Gasteiger charge is -2.15. The summed E-state index contributed by atoms with van der Waals surface area (Å²) in [5, 5.41) is 9.90. The predicted molar refractivity (Wildman–Crippen MR) is 110 cm³/mol. The van der Waals surface area contributed by atoms with Gasteiger partial charge in [-0.1, -0.05) is 23.9 Å². The summed E-state index contributed by atoms with van der Waals surface area (Å²) in [7, 11) is 0. The Balaban J connectivity index is 1.70. The van der Waals surface area contributed by atoms with E-state index in [4.69, 9.17) is 26.5 Å². The summed E-state index contributed by atoms with van der Waals surface area (Å²) in [6.07, 6.45) is 2.04. The molecule has 0 aliphatic carbocycles. The summed E-state index contributed by atoms with van der Waals surface area (Å²) >= 11 is 6.26. The van der Waals surface area contributed by atoms with E-state index in [9.17, 15) is 14.4 Å². The number of carbonyl (C=O) groups is 3. The molecule has 8 nitrogen and oxygen atoms in total. The molecule has 1 unspecified atom stereocenters. The molecule has 2 aromatic rings. The number of hydrogen-bond donors (Lipinski definition) is 2. The van der Waals surface area contributed by atoms with Crippen LogP contribution < -0.4 is 10.2 Å². The maximum Gasteiger partial charge on any atom is 0.344 e. The molecule has 3 rings (SSSR count). The van der Waals surface area contributed by atoms with Gasteiger partial charge in [-0.05, 0) is 55.9 Å². The van der Waals surface area contributed by atoms with Crippen molar-refractivity contribution in [2.24, 2.45) is 0 Å². The van der Waals surface area contributed by atoms with E-state index in [-0.39, 0.29) is 4.32 Å². The van der Waals surface area contributed by atoms with Crippen molar-refractivity contribution in [3.8, 4) is 5.75 Å². The van der Waals surface area contributed by atoms with Crippen molar-refractivity contribution in [3.05, 3.63) is 58.4 Å². The van der Waals surface area contributed by atoms with Crippen LogP contribution in [0.5, 0.6) is 5.75 Å². The van der Waals surface area contributed by atoms with Gasteiger partial charge in [0.15, 0.2) is 10.4 Å². The van der Waals surface area contributed by atoms with Crippen molar-refractivity contribution in [3.63, 3.8) is 0 Å². The van der Waals surface area contributed by atoms with Crippen molar-refractivity contribution in [2.45, 2.75) is 20.0 Å². The molecule has 150 valence electrons. The van der Waals surface area contributed by atoms with E-state index in [0.717, 1.165) is 16.8 Å². The van der Waals surface area contributed by atoms with Crippen LogP contribution >= 0.6 is 24.0 Å². The number of ether oxygens (including phenoxy) is 1. The van der Waals surface area contributed by atoms with Gasteiger partial charge in [0.25, 0.3) is 11.8 Å². The monoisotopic (exact) mass is 432 g/mol. The molecule has 1 aliphatic rings. The molecule has 10 heteroatoms. The third-order valence-corrected chi connectivity index (χ3v) is 5.25. The molecule has 1 aromatic carbocycles. The number of amides is 2. The number of carboxylic acids is 1. The molecule has 1 saturated heterocycles. The summed E-state index contributed by atoms with van der Waals surface area (Å²) in [5.74, 6) is -1.18. The maximum atomic E-state index is 12.6. The van der Waals surface area contributed by atoms with Crippen LogP contribution in [0.4, 0.5) is 0 Å². The molecule has 0 spiro atoms. The SMILES string of the molecule is Cc1occc1C(=O)NN1C(=O)/C(=C\c2ccc(OC(C)C(=O)O)cc2)SC1=S. The molecular weight excluding hydrogens is 416 g/mol. The van der Waals surface area contributed by atoms with Crippen molar-refractivity contribution in [1.82, 2.24) is 10.4 Å². The van der Waals surface area contributed by atoms with E-state index in [1.165, 1.54) is 19.3 Å². The zero-order valence-corrected chi connectivity index (χ0v) is 17.0. The number of aryl methyl sites for hydroxylation is 1. The number of hydrogen-bond acceptors (Lipinski definition) is 7. The molecule has 2 heterocycles. The Hall–Kier alpha value is -3.11. The molecule has 1 aliphatic heterocycles. The summed E-state index contributed by atoms with van der Waals surface area (Å²) in [4.78, 5) is 36.1. The quantitative estimate of drug-likeness (QED) is 0.530. The predicted octanol–water partition coefficient (Wildman–Crippen LogP) is 2.99. The van der Waals surface area contributed by atoms with Crippen molar-refractivity contribution in [1.29, 1.82) is 0 Å². The van der Waals surface area contributed by atoms with Gasteiger partial charge in [-0.2, -0.15) is 5.01 Å². The van der Waals surface area contributed by atoms with E-state index in [0.29, 0.717) is 27.5 Å². The van der Waals surface area contributed by atoms with Gasteiger partial charge in [-0.15, -0.1) is 0 Å². The highest BCUT2D eigenvalue weighted by molar-refractivity contribution is 8.26. The van der Waals surface area contributed by atoms with Crippen LogP contribution in [0.3, 0.4) is 0 Å². The van der Waals surface area contributed by atoms with Gasteiger partial charge < -0.3 is 14.3 Å². The number of carboxylic acid groups (broad SMARTS) is 1. The summed E-state index contributed by atoms with van der Waals surface area (Å²) < 4.78 is 10.6. The Bertz CT molecular complexity index is 1010. The lowest BCUT2D eigenvalue weighted by atomic mass is 10.2. The fourth-order valence-corrected chi connectivity index (χ4v) is 3.57. The van der Waals surface area contributed by atoms with Gasteiger partial charge in [0.05, 0.1) is 16.7 Å². The second kappa shape index (κ2) is 8.50. The number of nitrogens with zero attached hydrogens (tertiary/aromatic N) is 1. The van der Waals surface area contributed by atoms with Gasteiger partial charge in [-0.3, -0.25) is 15.0 Å². The zero-order valence-electron chi connectivity index (χ0n) is 15.4. The molecule has 0 bridgehead atoms.